The molecule has 0 saturated heterocycles. The van der Waals surface area contributed by atoms with E-state index in [9.17, 15) is 8.78 Å². The molecular weight excluding hydrogens is 256 g/mol. The molecule has 3 aromatic rings. The van der Waals surface area contributed by atoms with Gasteiger partial charge in [0.1, 0.15) is 0 Å². The van der Waals surface area contributed by atoms with Crippen molar-refractivity contribution in [3.63, 3.8) is 0 Å². The fourth-order valence-corrected chi connectivity index (χ4v) is 2.55. The molecule has 1 heterocycles. The summed E-state index contributed by atoms with van der Waals surface area (Å²) in [7, 11) is 0. The van der Waals surface area contributed by atoms with Crippen molar-refractivity contribution in [2.45, 2.75) is 6.92 Å². The molecule has 0 spiro atoms. The summed E-state index contributed by atoms with van der Waals surface area (Å²) in [6.45, 7) is 1.82. The van der Waals surface area contributed by atoms with Crippen LogP contribution in [0, 0.1) is 6.92 Å². The Balaban J connectivity index is 2.33. The number of fused-ring (bicyclic) bond motifs is 1. The average molecular weight is 269 g/mol. The molecule has 2 aromatic carbocycles. The van der Waals surface area contributed by atoms with E-state index in [4.69, 9.17) is 0 Å². The highest BCUT2D eigenvalue weighted by Crippen LogP contribution is 2.35. The number of hydrogen-bond donors (Lipinski definition) is 1. The largest absolute Gasteiger partial charge is 0.358 e. The lowest BCUT2D eigenvalue weighted by molar-refractivity contribution is 0.426. The summed E-state index contributed by atoms with van der Waals surface area (Å²) < 4.78 is 27.0. The van der Waals surface area contributed by atoms with Crippen LogP contribution < -0.4 is 0 Å². The topological polar surface area (TPSA) is 15.8 Å². The van der Waals surface area contributed by atoms with Gasteiger partial charge in [0.25, 0.3) is 6.08 Å². The molecule has 0 bridgehead atoms. The van der Waals surface area contributed by atoms with Crippen molar-refractivity contribution in [1.29, 1.82) is 0 Å². The normalized spacial score (nSPS) is 10.8. The Morgan fingerprint density at radius 1 is 0.900 bits per heavy atom. The first kappa shape index (κ1) is 12.6. The molecule has 20 heavy (non-hydrogen) atoms. The molecule has 0 fully saturated rings. The number of benzene rings is 2. The first-order chi connectivity index (χ1) is 9.68. The van der Waals surface area contributed by atoms with E-state index in [2.05, 4.69) is 4.98 Å². The lowest BCUT2D eigenvalue weighted by Gasteiger charge is -2.07. The van der Waals surface area contributed by atoms with Gasteiger partial charge in [0.05, 0.1) is 5.57 Å². The molecule has 3 rings (SSSR count). The predicted octanol–water partition coefficient (Wildman–Crippen LogP) is 5.13. The van der Waals surface area contributed by atoms with E-state index in [0.717, 1.165) is 16.6 Å². The third-order valence-electron chi connectivity index (χ3n) is 3.40. The van der Waals surface area contributed by atoms with Gasteiger partial charge in [-0.25, -0.2) is 0 Å². The second-order valence-corrected chi connectivity index (χ2v) is 4.67. The fourth-order valence-electron chi connectivity index (χ4n) is 2.55. The zero-order chi connectivity index (χ0) is 14.1. The maximum Gasteiger partial charge on any atom is 0.278 e. The van der Waals surface area contributed by atoms with Gasteiger partial charge in [-0.1, -0.05) is 48.5 Å². The Hall–Kier alpha value is -2.42. The fraction of sp³-hybridized carbons (Fsp3) is 0.0588. The Kier molecular flexibility index (Phi) is 3.11. The average Bonchev–Trinajstić information content (AvgIpc) is 2.77. The summed E-state index contributed by atoms with van der Waals surface area (Å²) in [6, 6.07) is 16.3. The molecule has 1 nitrogen and oxygen atoms in total. The molecule has 0 aliphatic rings. The van der Waals surface area contributed by atoms with Gasteiger partial charge >= 0.3 is 0 Å². The molecule has 0 aliphatic carbocycles. The van der Waals surface area contributed by atoms with E-state index in [1.165, 1.54) is 0 Å². The van der Waals surface area contributed by atoms with Crippen molar-refractivity contribution in [1.82, 2.24) is 4.98 Å². The minimum atomic E-state index is -1.66. The molecule has 0 unspecified atom stereocenters. The maximum absolute atomic E-state index is 13.5. The van der Waals surface area contributed by atoms with Crippen LogP contribution in [0.3, 0.4) is 0 Å². The van der Waals surface area contributed by atoms with E-state index < -0.39 is 6.08 Å². The molecule has 1 N–H and O–H groups in total. The second-order valence-electron chi connectivity index (χ2n) is 4.67. The number of aromatic nitrogens is 1. The number of hydrogen-bond acceptors (Lipinski definition) is 0. The van der Waals surface area contributed by atoms with Gasteiger partial charge in [-0.15, -0.1) is 0 Å². The molecule has 0 aliphatic heterocycles. The Labute approximate surface area is 115 Å². The summed E-state index contributed by atoms with van der Waals surface area (Å²) in [5, 5.41) is 0.816. The van der Waals surface area contributed by atoms with Gasteiger partial charge in [0.15, 0.2) is 0 Å². The van der Waals surface area contributed by atoms with Crippen molar-refractivity contribution >= 4 is 16.5 Å². The van der Waals surface area contributed by atoms with E-state index >= 15 is 0 Å². The van der Waals surface area contributed by atoms with Crippen LogP contribution >= 0.6 is 0 Å². The van der Waals surface area contributed by atoms with E-state index in [1.54, 1.807) is 24.3 Å². The van der Waals surface area contributed by atoms with Crippen molar-refractivity contribution in [3.05, 3.63) is 77.5 Å². The van der Waals surface area contributed by atoms with E-state index in [0.29, 0.717) is 11.1 Å². The van der Waals surface area contributed by atoms with Gasteiger partial charge in [-0.3, -0.25) is 0 Å². The van der Waals surface area contributed by atoms with Crippen molar-refractivity contribution in [2.24, 2.45) is 0 Å². The SMILES string of the molecule is Cc1[nH]c2ccccc2c1C(=C(F)F)c1ccccc1. The predicted molar refractivity (Wildman–Crippen MR) is 77.7 cm³/mol. The van der Waals surface area contributed by atoms with Gasteiger partial charge < -0.3 is 4.98 Å². The molecule has 0 saturated carbocycles. The monoisotopic (exact) mass is 269 g/mol. The van der Waals surface area contributed by atoms with Gasteiger partial charge in [0.2, 0.25) is 0 Å². The third kappa shape index (κ3) is 2.01. The summed E-state index contributed by atoms with van der Waals surface area (Å²) in [5.74, 6) is 0. The van der Waals surface area contributed by atoms with E-state index in [1.807, 2.05) is 37.3 Å². The van der Waals surface area contributed by atoms with Crippen LogP contribution in [0.25, 0.3) is 16.5 Å². The number of para-hydroxylation sites is 1. The molecular formula is C17H13F2N. The maximum atomic E-state index is 13.5. The number of halogens is 2. The van der Waals surface area contributed by atoms with Crippen LogP contribution in [-0.4, -0.2) is 4.98 Å². The molecule has 0 amide bonds. The lowest BCUT2D eigenvalue weighted by atomic mass is 9.96. The minimum Gasteiger partial charge on any atom is -0.358 e. The highest BCUT2D eigenvalue weighted by molar-refractivity contribution is 5.98. The summed E-state index contributed by atoms with van der Waals surface area (Å²) >= 11 is 0. The zero-order valence-corrected chi connectivity index (χ0v) is 11.0. The first-order valence-corrected chi connectivity index (χ1v) is 6.37. The van der Waals surface area contributed by atoms with Crippen molar-refractivity contribution < 1.29 is 8.78 Å². The lowest BCUT2D eigenvalue weighted by Crippen LogP contribution is -1.91. The number of aryl methyl sites for hydroxylation is 1. The summed E-state index contributed by atoms with van der Waals surface area (Å²) in [6.07, 6.45) is -1.66. The van der Waals surface area contributed by atoms with Gasteiger partial charge in [0, 0.05) is 22.2 Å². The Bertz CT molecular complexity index is 781. The van der Waals surface area contributed by atoms with E-state index in [-0.39, 0.29) is 5.57 Å². The minimum absolute atomic E-state index is 0.000509. The van der Waals surface area contributed by atoms with Crippen molar-refractivity contribution in [2.75, 3.05) is 0 Å². The van der Waals surface area contributed by atoms with Gasteiger partial charge in [-0.2, -0.15) is 8.78 Å². The van der Waals surface area contributed by atoms with Crippen LogP contribution in [0.5, 0.6) is 0 Å². The van der Waals surface area contributed by atoms with Gasteiger partial charge in [-0.05, 0) is 18.6 Å². The quantitative estimate of drug-likeness (QED) is 0.663. The van der Waals surface area contributed by atoms with Crippen molar-refractivity contribution in [3.8, 4) is 0 Å². The van der Waals surface area contributed by atoms with Crippen LogP contribution in [-0.2, 0) is 0 Å². The summed E-state index contributed by atoms with van der Waals surface area (Å²) in [4.78, 5) is 3.16. The highest BCUT2D eigenvalue weighted by Gasteiger charge is 2.18. The number of nitrogens with one attached hydrogen (secondary N) is 1. The third-order valence-corrected chi connectivity index (χ3v) is 3.40. The standard InChI is InChI=1S/C17H13F2N/c1-11-15(13-9-5-6-10-14(13)20-11)16(17(18)19)12-7-3-2-4-8-12/h2-10,20H,1H3. The molecule has 3 heteroatoms. The Morgan fingerprint density at radius 3 is 2.25 bits per heavy atom. The van der Waals surface area contributed by atoms with Crippen LogP contribution in [0.2, 0.25) is 0 Å². The smallest absolute Gasteiger partial charge is 0.278 e. The molecule has 100 valence electrons. The van der Waals surface area contributed by atoms with Crippen LogP contribution in [0.4, 0.5) is 8.78 Å². The van der Waals surface area contributed by atoms with Crippen LogP contribution in [0.1, 0.15) is 16.8 Å². The zero-order valence-electron chi connectivity index (χ0n) is 11.0. The van der Waals surface area contributed by atoms with Crippen LogP contribution in [0.15, 0.2) is 60.7 Å². The summed E-state index contributed by atoms with van der Waals surface area (Å²) in [5.41, 5.74) is 2.72. The molecule has 0 radical (unpaired) electrons. The second kappa shape index (κ2) is 4.93. The Morgan fingerprint density at radius 2 is 1.55 bits per heavy atom. The number of aromatic amines is 1. The number of H-pyrrole nitrogens is 1. The molecule has 1 aromatic heterocycles. The number of rotatable bonds is 2. The first-order valence-electron chi connectivity index (χ1n) is 6.37. The molecule has 0 atom stereocenters. The highest BCUT2D eigenvalue weighted by atomic mass is 19.3.